The van der Waals surface area contributed by atoms with E-state index in [-0.39, 0.29) is 0 Å². The number of hydrogen-bond donors (Lipinski definition) is 0. The molecule has 1 rings (SSSR count). The molecule has 0 aromatic carbocycles. The summed E-state index contributed by atoms with van der Waals surface area (Å²) in [7, 11) is 1.30. The Bertz CT molecular complexity index is 221. The fraction of sp³-hybridized carbons (Fsp3) is 1.00. The standard InChI is InChI=1S/C16H34O2Si/c1-4-5-6-7-9-14(16(2,3)19)10-8-11-17-12-15-13-18-15/h14-15H,4-13H2,1-3,19H3. The zero-order valence-electron chi connectivity index (χ0n) is 13.5. The topological polar surface area (TPSA) is 21.8 Å². The molecule has 0 N–H and O–H groups in total. The Balaban J connectivity index is 2.09. The molecular formula is C16H34O2Si. The van der Waals surface area contributed by atoms with E-state index in [9.17, 15) is 0 Å². The van der Waals surface area contributed by atoms with E-state index in [1.165, 1.54) is 55.2 Å². The third-order valence-electron chi connectivity index (χ3n) is 4.18. The van der Waals surface area contributed by atoms with Crippen molar-refractivity contribution in [2.45, 2.75) is 76.9 Å². The zero-order chi connectivity index (χ0) is 14.1. The molecule has 19 heavy (non-hydrogen) atoms. The van der Waals surface area contributed by atoms with Crippen LogP contribution in [0.2, 0.25) is 5.04 Å². The lowest BCUT2D eigenvalue weighted by Gasteiger charge is -2.31. The molecule has 1 heterocycles. The molecule has 0 aromatic rings. The molecule has 0 spiro atoms. The maximum Gasteiger partial charge on any atom is 0.104 e. The van der Waals surface area contributed by atoms with Gasteiger partial charge < -0.3 is 9.47 Å². The van der Waals surface area contributed by atoms with Crippen molar-refractivity contribution in [3.63, 3.8) is 0 Å². The zero-order valence-corrected chi connectivity index (χ0v) is 15.5. The molecule has 1 fully saturated rings. The van der Waals surface area contributed by atoms with Gasteiger partial charge in [-0.15, -0.1) is 0 Å². The van der Waals surface area contributed by atoms with Crippen molar-refractivity contribution in [2.75, 3.05) is 19.8 Å². The van der Waals surface area contributed by atoms with Crippen molar-refractivity contribution in [1.82, 2.24) is 0 Å². The Morgan fingerprint density at radius 3 is 2.47 bits per heavy atom. The highest BCUT2D eigenvalue weighted by molar-refractivity contribution is 6.14. The molecule has 1 saturated heterocycles. The fourth-order valence-corrected chi connectivity index (χ4v) is 3.22. The predicted molar refractivity (Wildman–Crippen MR) is 86.0 cm³/mol. The average Bonchev–Trinajstić information content (AvgIpc) is 3.14. The van der Waals surface area contributed by atoms with Crippen LogP contribution in [0.3, 0.4) is 0 Å². The first-order valence-corrected chi connectivity index (χ1v) is 9.23. The number of unbranched alkanes of at least 4 members (excludes halogenated alkanes) is 3. The van der Waals surface area contributed by atoms with Crippen molar-refractivity contribution in [3.05, 3.63) is 0 Å². The van der Waals surface area contributed by atoms with Gasteiger partial charge in [-0.1, -0.05) is 52.9 Å². The smallest absolute Gasteiger partial charge is 0.104 e. The number of rotatable bonds is 12. The van der Waals surface area contributed by atoms with Crippen molar-refractivity contribution >= 4 is 10.2 Å². The van der Waals surface area contributed by atoms with E-state index < -0.39 is 0 Å². The van der Waals surface area contributed by atoms with Crippen molar-refractivity contribution in [1.29, 1.82) is 0 Å². The highest BCUT2D eigenvalue weighted by Crippen LogP contribution is 2.37. The summed E-state index contributed by atoms with van der Waals surface area (Å²) >= 11 is 0. The maximum absolute atomic E-state index is 5.65. The second kappa shape index (κ2) is 9.14. The minimum atomic E-state index is 0.417. The Kier molecular flexibility index (Phi) is 8.27. The quantitative estimate of drug-likeness (QED) is 0.312. The van der Waals surface area contributed by atoms with Crippen LogP contribution in [0.15, 0.2) is 0 Å². The molecule has 2 nitrogen and oxygen atoms in total. The third kappa shape index (κ3) is 8.82. The van der Waals surface area contributed by atoms with Gasteiger partial charge in [0.25, 0.3) is 0 Å². The first kappa shape index (κ1) is 17.2. The summed E-state index contributed by atoms with van der Waals surface area (Å²) in [6.45, 7) is 9.82. The molecule has 0 bridgehead atoms. The van der Waals surface area contributed by atoms with Crippen LogP contribution in [0.5, 0.6) is 0 Å². The molecule has 114 valence electrons. The van der Waals surface area contributed by atoms with Crippen LogP contribution in [-0.2, 0) is 9.47 Å². The van der Waals surface area contributed by atoms with E-state index in [4.69, 9.17) is 9.47 Å². The minimum absolute atomic E-state index is 0.417. The maximum atomic E-state index is 5.65. The summed E-state index contributed by atoms with van der Waals surface area (Å²) < 4.78 is 10.8. The van der Waals surface area contributed by atoms with Crippen LogP contribution in [-0.4, -0.2) is 36.2 Å². The normalized spacial score (nSPS) is 20.7. The lowest BCUT2D eigenvalue weighted by atomic mass is 9.85. The Morgan fingerprint density at radius 2 is 1.89 bits per heavy atom. The summed E-state index contributed by atoms with van der Waals surface area (Å²) in [5.74, 6) is 0.900. The summed E-state index contributed by atoms with van der Waals surface area (Å²) in [6, 6.07) is 0. The second-order valence-electron chi connectivity index (χ2n) is 7.08. The van der Waals surface area contributed by atoms with Crippen LogP contribution < -0.4 is 0 Å². The van der Waals surface area contributed by atoms with E-state index in [0.29, 0.717) is 11.1 Å². The van der Waals surface area contributed by atoms with E-state index in [0.717, 1.165) is 25.7 Å². The molecule has 0 aliphatic carbocycles. The Morgan fingerprint density at radius 1 is 1.21 bits per heavy atom. The Labute approximate surface area is 123 Å². The Hall–Kier alpha value is 0.137. The van der Waals surface area contributed by atoms with E-state index in [1.807, 2.05) is 0 Å². The summed E-state index contributed by atoms with van der Waals surface area (Å²) in [4.78, 5) is 0. The highest BCUT2D eigenvalue weighted by Gasteiger charge is 2.24. The van der Waals surface area contributed by atoms with Gasteiger partial charge in [0, 0.05) is 16.8 Å². The van der Waals surface area contributed by atoms with E-state index in [1.54, 1.807) is 0 Å². The molecule has 0 aromatic heterocycles. The van der Waals surface area contributed by atoms with Crippen LogP contribution in [0, 0.1) is 5.92 Å². The lowest BCUT2D eigenvalue weighted by Crippen LogP contribution is -2.18. The average molecular weight is 287 g/mol. The largest absolute Gasteiger partial charge is 0.379 e. The van der Waals surface area contributed by atoms with Gasteiger partial charge in [0.1, 0.15) is 6.10 Å². The molecule has 3 heteroatoms. The summed E-state index contributed by atoms with van der Waals surface area (Å²) in [6.07, 6.45) is 9.97. The van der Waals surface area contributed by atoms with Crippen LogP contribution in [0.25, 0.3) is 0 Å². The van der Waals surface area contributed by atoms with Crippen molar-refractivity contribution in [2.24, 2.45) is 5.92 Å². The van der Waals surface area contributed by atoms with Crippen LogP contribution in [0.4, 0.5) is 0 Å². The third-order valence-corrected chi connectivity index (χ3v) is 4.99. The molecule has 1 aliphatic rings. The lowest BCUT2D eigenvalue weighted by molar-refractivity contribution is 0.108. The predicted octanol–water partition coefficient (Wildman–Crippen LogP) is 3.33. The van der Waals surface area contributed by atoms with Gasteiger partial charge in [-0.3, -0.25) is 0 Å². The van der Waals surface area contributed by atoms with Gasteiger partial charge in [-0.2, -0.15) is 0 Å². The van der Waals surface area contributed by atoms with Crippen molar-refractivity contribution < 1.29 is 9.47 Å². The van der Waals surface area contributed by atoms with Crippen LogP contribution >= 0.6 is 0 Å². The van der Waals surface area contributed by atoms with Gasteiger partial charge in [0.15, 0.2) is 0 Å². The summed E-state index contributed by atoms with van der Waals surface area (Å²) in [5.41, 5.74) is 0. The number of epoxide rings is 1. The van der Waals surface area contributed by atoms with Crippen molar-refractivity contribution in [3.8, 4) is 0 Å². The van der Waals surface area contributed by atoms with Gasteiger partial charge in [0.2, 0.25) is 0 Å². The number of ether oxygens (including phenoxy) is 2. The summed E-state index contributed by atoms with van der Waals surface area (Å²) in [5, 5.41) is 0.575. The van der Waals surface area contributed by atoms with Gasteiger partial charge in [-0.05, 0) is 23.8 Å². The minimum Gasteiger partial charge on any atom is -0.379 e. The molecule has 2 unspecified atom stereocenters. The van der Waals surface area contributed by atoms with Gasteiger partial charge in [-0.25, -0.2) is 0 Å². The highest BCUT2D eigenvalue weighted by atomic mass is 28.1. The molecule has 1 aliphatic heterocycles. The number of hydrogen-bond acceptors (Lipinski definition) is 2. The first-order valence-electron chi connectivity index (χ1n) is 8.23. The SMILES string of the molecule is CCCCCCC(CCCOCC1CO1)C(C)(C)[SiH3]. The van der Waals surface area contributed by atoms with Gasteiger partial charge >= 0.3 is 0 Å². The molecule has 0 saturated carbocycles. The molecular weight excluding hydrogens is 252 g/mol. The molecule has 2 atom stereocenters. The molecule has 0 amide bonds. The molecule has 0 radical (unpaired) electrons. The second-order valence-corrected chi connectivity index (χ2v) is 9.66. The van der Waals surface area contributed by atoms with Crippen LogP contribution in [0.1, 0.15) is 65.7 Å². The van der Waals surface area contributed by atoms with Gasteiger partial charge in [0.05, 0.1) is 13.2 Å². The van der Waals surface area contributed by atoms with E-state index >= 15 is 0 Å². The monoisotopic (exact) mass is 286 g/mol. The first-order chi connectivity index (χ1) is 9.04. The fourth-order valence-electron chi connectivity index (χ4n) is 2.64. The van der Waals surface area contributed by atoms with E-state index in [2.05, 4.69) is 20.8 Å².